The maximum Gasteiger partial charge on any atom is 0.306 e. The van der Waals surface area contributed by atoms with Crippen LogP contribution in [0, 0.1) is 47.3 Å². The lowest BCUT2D eigenvalue weighted by molar-refractivity contribution is -0.361. The van der Waals surface area contributed by atoms with Crippen LogP contribution in [-0.4, -0.2) is 142 Å². The van der Waals surface area contributed by atoms with Gasteiger partial charge in [0.25, 0.3) is 0 Å². The molecule has 4 heterocycles. The third kappa shape index (κ3) is 14.4. The molecule has 0 bridgehead atoms. The van der Waals surface area contributed by atoms with Gasteiger partial charge >= 0.3 is 11.9 Å². The number of cyclic esters (lactones) is 1. The summed E-state index contributed by atoms with van der Waals surface area (Å²) in [7, 11) is 6.15. The number of oxazole rings is 1. The molecule has 410 valence electrons. The van der Waals surface area contributed by atoms with Gasteiger partial charge in [0.05, 0.1) is 31.5 Å². The number of allylic oxidation sites excluding steroid dienone is 8. The number of hydrogen-bond acceptors (Lipinski definition) is 17. The molecule has 17 nitrogen and oxygen atoms in total. The molecule has 2 saturated heterocycles. The molecular formula is C57H82N2O15. The zero-order chi connectivity index (χ0) is 53.7. The maximum atomic E-state index is 13.4. The second-order valence-corrected chi connectivity index (χ2v) is 20.7. The average molecular weight is 1040 g/mol. The van der Waals surface area contributed by atoms with E-state index in [4.69, 9.17) is 62.0 Å². The van der Waals surface area contributed by atoms with E-state index in [0.717, 1.165) is 30.4 Å². The van der Waals surface area contributed by atoms with Gasteiger partial charge in [-0.25, -0.2) is 4.98 Å². The lowest BCUT2D eigenvalue weighted by Gasteiger charge is -2.55. The number of rotatable bonds is 17. The second-order valence-electron chi connectivity index (χ2n) is 20.7. The Balaban J connectivity index is 1.28. The Hall–Kier alpha value is -4.32. The number of nitrogens with zero attached hydrogens (tertiary/aromatic N) is 2. The van der Waals surface area contributed by atoms with Crippen LogP contribution in [0.5, 0.6) is 0 Å². The Morgan fingerprint density at radius 3 is 2.47 bits per heavy atom. The van der Waals surface area contributed by atoms with Crippen molar-refractivity contribution in [2.45, 2.75) is 179 Å². The van der Waals surface area contributed by atoms with E-state index >= 15 is 0 Å². The van der Waals surface area contributed by atoms with E-state index in [2.05, 4.69) is 56.4 Å². The molecule has 3 aliphatic heterocycles. The highest BCUT2D eigenvalue weighted by Gasteiger charge is 2.56. The van der Waals surface area contributed by atoms with E-state index in [1.165, 1.54) is 21.3 Å². The molecule has 17 heteroatoms. The third-order valence-corrected chi connectivity index (χ3v) is 15.5. The first kappa shape index (κ1) is 58.9. The highest BCUT2D eigenvalue weighted by molar-refractivity contribution is 5.70. The fourth-order valence-electron chi connectivity index (χ4n) is 11.0. The monoisotopic (exact) mass is 1030 g/mol. The Kier molecular flexibility index (Phi) is 22.0. The van der Waals surface area contributed by atoms with Gasteiger partial charge < -0.3 is 62.0 Å². The van der Waals surface area contributed by atoms with Gasteiger partial charge in [0.1, 0.15) is 54.2 Å². The molecular weight excluding hydrogens is 953 g/mol. The van der Waals surface area contributed by atoms with E-state index < -0.39 is 78.9 Å². The summed E-state index contributed by atoms with van der Waals surface area (Å²) in [5, 5.41) is 32.3. The minimum Gasteiger partial charge on any atom is -0.457 e. The summed E-state index contributed by atoms with van der Waals surface area (Å²) < 4.78 is 67.0. The summed E-state index contributed by atoms with van der Waals surface area (Å²) in [5.74, 6) is 0.246. The SMILES string of the molecule is CCC(=O)OC1C(OC)COC(OC2C(O)C(COC)OC(OC3CC(OC)CC4C3C(C)=CC3/C=C/C=C/C(C)C(/C=C/c5nc(C(C)CCCC#N)oc5C)OC(=O)CC/C=C(C)\C=C\C34C)C2OC)C1O. The summed E-state index contributed by atoms with van der Waals surface area (Å²) in [6.07, 6.45) is 13.8. The van der Waals surface area contributed by atoms with Gasteiger partial charge in [0.15, 0.2) is 24.6 Å². The molecule has 2 N–H and O–H groups in total. The van der Waals surface area contributed by atoms with E-state index in [1.54, 1.807) is 14.0 Å². The summed E-state index contributed by atoms with van der Waals surface area (Å²) >= 11 is 0. The number of ether oxygens (including phenoxy) is 10. The molecule has 3 fully saturated rings. The standard InChI is InChI=1S/C57H82N2O15/c1-12-46(60)73-51-45(66-10)32-68-55(50(51)63)74-52-49(62)44(31-64-8)72-56(53(52)67-11)71-43-30-39(65-9)29-40-48(43)36(5)28-38-21-14-13-19-34(3)42(70-47(61)22-17-18-33(2)25-26-57(38,40)7)24-23-41-37(6)69-54(59-41)35(4)20-15-16-27-58/h13-14,18-19,21,23-26,28,34-35,38-40,42-45,48-53,55-56,62-63H,12,15-17,20,22,29-32H2,1-11H3/b19-13+,21-14+,24-23+,26-25+,33-18-. The number of aliphatic hydroxyl groups is 2. The van der Waals surface area contributed by atoms with Crippen molar-refractivity contribution in [3.63, 3.8) is 0 Å². The predicted molar refractivity (Wildman–Crippen MR) is 274 cm³/mol. The molecule has 1 aromatic rings. The Bertz CT molecular complexity index is 2230. The van der Waals surface area contributed by atoms with Gasteiger partial charge in [-0.05, 0) is 69.9 Å². The van der Waals surface area contributed by atoms with Crippen LogP contribution in [-0.2, 0) is 57.0 Å². The van der Waals surface area contributed by atoms with Crippen LogP contribution >= 0.6 is 0 Å². The number of esters is 2. The van der Waals surface area contributed by atoms with E-state index in [9.17, 15) is 19.8 Å². The van der Waals surface area contributed by atoms with Crippen molar-refractivity contribution < 1.29 is 71.6 Å². The predicted octanol–water partition coefficient (Wildman–Crippen LogP) is 7.95. The normalized spacial score (nSPS) is 38.5. The molecule has 2 aliphatic carbocycles. The largest absolute Gasteiger partial charge is 0.457 e. The van der Waals surface area contributed by atoms with Crippen molar-refractivity contribution in [1.82, 2.24) is 4.98 Å². The molecule has 74 heavy (non-hydrogen) atoms. The number of aryl methyl sites for hydroxylation is 1. The minimum atomic E-state index is -1.46. The molecule has 1 aromatic heterocycles. The fraction of sp³-hybridized carbons (Fsp3) is 0.684. The van der Waals surface area contributed by atoms with Gasteiger partial charge in [0.2, 0.25) is 0 Å². The number of carbonyl (C=O) groups is 2. The highest BCUT2D eigenvalue weighted by atomic mass is 16.7. The van der Waals surface area contributed by atoms with Crippen LogP contribution in [0.15, 0.2) is 70.2 Å². The van der Waals surface area contributed by atoms with Crippen molar-refractivity contribution in [1.29, 1.82) is 5.26 Å². The van der Waals surface area contributed by atoms with Crippen LogP contribution in [0.25, 0.3) is 6.08 Å². The highest BCUT2D eigenvalue weighted by Crippen LogP contribution is 2.56. The minimum absolute atomic E-state index is 0.00529. The first-order valence-corrected chi connectivity index (χ1v) is 26.3. The van der Waals surface area contributed by atoms with Crippen LogP contribution < -0.4 is 0 Å². The molecule has 1 saturated carbocycles. The molecule has 0 radical (unpaired) electrons. The topological polar surface area (TPSA) is 217 Å². The summed E-state index contributed by atoms with van der Waals surface area (Å²) in [5.41, 5.74) is 2.40. The molecule has 18 unspecified atom stereocenters. The quantitative estimate of drug-likeness (QED) is 0.0860. The number of nitriles is 1. The van der Waals surface area contributed by atoms with Crippen molar-refractivity contribution in [2.24, 2.45) is 29.1 Å². The van der Waals surface area contributed by atoms with Crippen molar-refractivity contribution >= 4 is 18.0 Å². The smallest absolute Gasteiger partial charge is 0.306 e. The van der Waals surface area contributed by atoms with Crippen LogP contribution in [0.4, 0.5) is 0 Å². The number of methoxy groups -OCH3 is 4. The fourth-order valence-corrected chi connectivity index (χ4v) is 11.0. The molecule has 0 amide bonds. The second kappa shape index (κ2) is 27.6. The summed E-state index contributed by atoms with van der Waals surface area (Å²) in [6, 6.07) is 2.20. The van der Waals surface area contributed by atoms with Gasteiger partial charge in [0, 0.05) is 77.8 Å². The molecule has 0 spiro atoms. The Labute approximate surface area is 437 Å². The van der Waals surface area contributed by atoms with Crippen LogP contribution in [0.1, 0.15) is 116 Å². The van der Waals surface area contributed by atoms with E-state index in [0.29, 0.717) is 36.6 Å². The van der Waals surface area contributed by atoms with Crippen molar-refractivity contribution in [2.75, 3.05) is 41.7 Å². The zero-order valence-electron chi connectivity index (χ0n) is 45.3. The van der Waals surface area contributed by atoms with Crippen LogP contribution in [0.2, 0.25) is 0 Å². The van der Waals surface area contributed by atoms with Gasteiger partial charge in [-0.15, -0.1) is 0 Å². The molecule has 0 aromatic carbocycles. The maximum absolute atomic E-state index is 13.4. The summed E-state index contributed by atoms with van der Waals surface area (Å²) in [4.78, 5) is 30.5. The number of fused-ring (bicyclic) bond motifs is 3. The third-order valence-electron chi connectivity index (χ3n) is 15.5. The number of aliphatic hydroxyl groups excluding tert-OH is 2. The van der Waals surface area contributed by atoms with Gasteiger partial charge in [-0.2, -0.15) is 5.26 Å². The van der Waals surface area contributed by atoms with Crippen molar-refractivity contribution in [3.05, 3.63) is 83.2 Å². The Morgan fingerprint density at radius 2 is 1.77 bits per heavy atom. The van der Waals surface area contributed by atoms with E-state index in [-0.39, 0.29) is 67.7 Å². The van der Waals surface area contributed by atoms with Crippen LogP contribution in [0.3, 0.4) is 0 Å². The first-order chi connectivity index (χ1) is 35.5. The van der Waals surface area contributed by atoms with E-state index in [1.807, 2.05) is 52.0 Å². The number of aromatic nitrogens is 1. The summed E-state index contributed by atoms with van der Waals surface area (Å²) in [6.45, 7) is 14.0. The zero-order valence-corrected chi connectivity index (χ0v) is 45.3. The lowest BCUT2D eigenvalue weighted by Crippen LogP contribution is -2.65. The Morgan fingerprint density at radius 1 is 1.00 bits per heavy atom. The molecule has 18 atom stereocenters. The molecule has 5 aliphatic rings. The average Bonchev–Trinajstić information content (AvgIpc) is 3.76. The number of hydrogen-bond donors (Lipinski definition) is 2. The first-order valence-electron chi connectivity index (χ1n) is 26.3. The van der Waals surface area contributed by atoms with Gasteiger partial charge in [-0.1, -0.05) is 87.4 Å². The van der Waals surface area contributed by atoms with Gasteiger partial charge in [-0.3, -0.25) is 9.59 Å². The molecule has 6 rings (SSSR count). The number of unbranched alkanes of at least 4 members (excludes halogenated alkanes) is 1. The lowest BCUT2D eigenvalue weighted by atomic mass is 9.53. The number of carbonyl (C=O) groups excluding carboxylic acids is 2. The van der Waals surface area contributed by atoms with Crippen molar-refractivity contribution in [3.8, 4) is 6.07 Å².